The van der Waals surface area contributed by atoms with Crippen LogP contribution in [-0.4, -0.2) is 28.8 Å². The van der Waals surface area contributed by atoms with E-state index in [4.69, 9.17) is 0 Å². The first-order chi connectivity index (χ1) is 10.5. The Hall–Kier alpha value is -1.66. The van der Waals surface area contributed by atoms with Crippen LogP contribution >= 0.6 is 15.9 Å². The number of hydrogen-bond acceptors (Lipinski definition) is 3. The van der Waals surface area contributed by atoms with E-state index < -0.39 is 0 Å². The van der Waals surface area contributed by atoms with Gasteiger partial charge in [0.25, 0.3) is 0 Å². The Morgan fingerprint density at radius 3 is 2.95 bits per heavy atom. The predicted octanol–water partition coefficient (Wildman–Crippen LogP) is 2.43. The smallest absolute Gasteiger partial charge is 0.229 e. The Bertz CT molecular complexity index is 697. The second-order valence-electron chi connectivity index (χ2n) is 5.77. The van der Waals surface area contributed by atoms with Crippen molar-refractivity contribution in [3.63, 3.8) is 0 Å². The van der Waals surface area contributed by atoms with Crippen LogP contribution in [0.5, 0.6) is 0 Å². The molecular formula is C16H19BrN4O. The maximum Gasteiger partial charge on any atom is 0.229 e. The number of nitrogens with zero attached hydrogens (tertiary/aromatic N) is 2. The van der Waals surface area contributed by atoms with Crippen LogP contribution in [0.15, 0.2) is 35.1 Å². The third-order valence-corrected chi connectivity index (χ3v) is 4.64. The van der Waals surface area contributed by atoms with Gasteiger partial charge < -0.3 is 10.6 Å². The van der Waals surface area contributed by atoms with Gasteiger partial charge in [-0.25, -0.2) is 0 Å². The maximum absolute atomic E-state index is 12.7. The zero-order chi connectivity index (χ0) is 15.7. The summed E-state index contributed by atoms with van der Waals surface area (Å²) in [6.07, 6.45) is 3.84. The molecule has 2 aromatic rings. The molecule has 3 rings (SSSR count). The first-order valence-electron chi connectivity index (χ1n) is 7.31. The Balaban J connectivity index is 1.76. The van der Waals surface area contributed by atoms with Crippen molar-refractivity contribution in [2.24, 2.45) is 13.0 Å². The molecule has 1 aliphatic rings. The Morgan fingerprint density at radius 2 is 2.27 bits per heavy atom. The number of amides is 1. The Kier molecular flexibility index (Phi) is 4.31. The predicted molar refractivity (Wildman–Crippen MR) is 89.8 cm³/mol. The van der Waals surface area contributed by atoms with E-state index in [1.807, 2.05) is 44.6 Å². The molecule has 116 valence electrons. The van der Waals surface area contributed by atoms with Crippen molar-refractivity contribution in [1.29, 1.82) is 0 Å². The van der Waals surface area contributed by atoms with Crippen LogP contribution in [0.3, 0.4) is 0 Å². The van der Waals surface area contributed by atoms with Gasteiger partial charge in [0.05, 0.1) is 12.1 Å². The SMILES string of the molecule is Cc1cc(Br)ccc1NC(=O)[C@H]1CNC[C@@H]1c1cnn(C)c1. The summed E-state index contributed by atoms with van der Waals surface area (Å²) in [7, 11) is 1.89. The van der Waals surface area contributed by atoms with Gasteiger partial charge in [-0.05, 0) is 36.2 Å². The van der Waals surface area contributed by atoms with Crippen LogP contribution in [0.1, 0.15) is 17.0 Å². The van der Waals surface area contributed by atoms with Crippen LogP contribution in [0, 0.1) is 12.8 Å². The highest BCUT2D eigenvalue weighted by atomic mass is 79.9. The van der Waals surface area contributed by atoms with Crippen LogP contribution in [-0.2, 0) is 11.8 Å². The summed E-state index contributed by atoms with van der Waals surface area (Å²) in [5.74, 6) is 0.154. The molecule has 2 N–H and O–H groups in total. The molecule has 0 spiro atoms. The third kappa shape index (κ3) is 3.08. The molecule has 1 saturated heterocycles. The van der Waals surface area contributed by atoms with Crippen molar-refractivity contribution in [2.75, 3.05) is 18.4 Å². The fraction of sp³-hybridized carbons (Fsp3) is 0.375. The number of aromatic nitrogens is 2. The second-order valence-corrected chi connectivity index (χ2v) is 6.68. The number of halogens is 1. The lowest BCUT2D eigenvalue weighted by atomic mass is 9.90. The lowest BCUT2D eigenvalue weighted by molar-refractivity contribution is -0.119. The van der Waals surface area contributed by atoms with Crippen molar-refractivity contribution in [3.05, 3.63) is 46.2 Å². The molecule has 2 heterocycles. The maximum atomic E-state index is 12.7. The average Bonchev–Trinajstić information content (AvgIpc) is 3.10. The van der Waals surface area contributed by atoms with Gasteiger partial charge in [0.15, 0.2) is 0 Å². The number of aryl methyl sites for hydroxylation is 2. The molecule has 1 aromatic carbocycles. The molecule has 22 heavy (non-hydrogen) atoms. The molecule has 0 unspecified atom stereocenters. The van der Waals surface area contributed by atoms with Gasteiger partial charge in [0.2, 0.25) is 5.91 Å². The number of rotatable bonds is 3. The zero-order valence-electron chi connectivity index (χ0n) is 12.6. The van der Waals surface area contributed by atoms with E-state index in [-0.39, 0.29) is 17.7 Å². The number of benzene rings is 1. The first-order valence-corrected chi connectivity index (χ1v) is 8.10. The summed E-state index contributed by atoms with van der Waals surface area (Å²) in [5.41, 5.74) is 3.02. The zero-order valence-corrected chi connectivity index (χ0v) is 14.2. The van der Waals surface area contributed by atoms with E-state index >= 15 is 0 Å². The standard InChI is InChI=1S/C16H19BrN4O/c1-10-5-12(17)3-4-15(10)20-16(22)14-8-18-7-13(14)11-6-19-21(2)9-11/h3-6,9,13-14,18H,7-8H2,1-2H3,(H,20,22)/t13-,14+/m1/s1. The molecule has 2 atom stereocenters. The molecule has 1 amide bonds. The minimum atomic E-state index is -0.0766. The molecular weight excluding hydrogens is 344 g/mol. The highest BCUT2D eigenvalue weighted by molar-refractivity contribution is 9.10. The van der Waals surface area contributed by atoms with Gasteiger partial charge in [0.1, 0.15) is 0 Å². The summed E-state index contributed by atoms with van der Waals surface area (Å²) in [6, 6.07) is 5.87. The van der Waals surface area contributed by atoms with E-state index in [1.165, 1.54) is 0 Å². The summed E-state index contributed by atoms with van der Waals surface area (Å²) in [6.45, 7) is 3.50. The van der Waals surface area contributed by atoms with E-state index in [0.29, 0.717) is 6.54 Å². The molecule has 0 saturated carbocycles. The topological polar surface area (TPSA) is 59.0 Å². The monoisotopic (exact) mass is 362 g/mol. The van der Waals surface area contributed by atoms with Crippen molar-refractivity contribution in [1.82, 2.24) is 15.1 Å². The average molecular weight is 363 g/mol. The number of carbonyl (C=O) groups is 1. The largest absolute Gasteiger partial charge is 0.326 e. The van der Waals surface area contributed by atoms with Crippen LogP contribution in [0.4, 0.5) is 5.69 Å². The lowest BCUT2D eigenvalue weighted by Gasteiger charge is -2.18. The number of hydrogen-bond donors (Lipinski definition) is 2. The number of carbonyl (C=O) groups excluding carboxylic acids is 1. The van der Waals surface area contributed by atoms with E-state index in [2.05, 4.69) is 31.7 Å². The van der Waals surface area contributed by atoms with Gasteiger partial charge in [-0.15, -0.1) is 0 Å². The lowest BCUT2D eigenvalue weighted by Crippen LogP contribution is -2.28. The van der Waals surface area contributed by atoms with Crippen molar-refractivity contribution >= 4 is 27.5 Å². The van der Waals surface area contributed by atoms with E-state index in [0.717, 1.165) is 27.8 Å². The fourth-order valence-electron chi connectivity index (χ4n) is 2.93. The third-order valence-electron chi connectivity index (χ3n) is 4.15. The summed E-state index contributed by atoms with van der Waals surface area (Å²) < 4.78 is 2.79. The highest BCUT2D eigenvalue weighted by Crippen LogP contribution is 2.29. The highest BCUT2D eigenvalue weighted by Gasteiger charge is 2.34. The molecule has 6 heteroatoms. The van der Waals surface area contributed by atoms with Crippen LogP contribution < -0.4 is 10.6 Å². The molecule has 1 fully saturated rings. The molecule has 5 nitrogen and oxygen atoms in total. The van der Waals surface area contributed by atoms with Gasteiger partial charge in [-0.1, -0.05) is 15.9 Å². The van der Waals surface area contributed by atoms with Gasteiger partial charge in [-0.2, -0.15) is 5.10 Å². The van der Waals surface area contributed by atoms with Crippen molar-refractivity contribution in [3.8, 4) is 0 Å². The quantitative estimate of drug-likeness (QED) is 0.881. The second kappa shape index (κ2) is 6.22. The fourth-order valence-corrected chi connectivity index (χ4v) is 3.40. The number of anilines is 1. The summed E-state index contributed by atoms with van der Waals surface area (Å²) in [4.78, 5) is 12.7. The minimum Gasteiger partial charge on any atom is -0.326 e. The van der Waals surface area contributed by atoms with E-state index in [9.17, 15) is 4.79 Å². The van der Waals surface area contributed by atoms with Gasteiger partial charge in [-0.3, -0.25) is 9.48 Å². The van der Waals surface area contributed by atoms with Crippen molar-refractivity contribution < 1.29 is 4.79 Å². The molecule has 0 bridgehead atoms. The van der Waals surface area contributed by atoms with Gasteiger partial charge >= 0.3 is 0 Å². The minimum absolute atomic E-state index is 0.0595. The Morgan fingerprint density at radius 1 is 1.45 bits per heavy atom. The molecule has 0 radical (unpaired) electrons. The van der Waals surface area contributed by atoms with Gasteiger partial charge in [0, 0.05) is 42.4 Å². The summed E-state index contributed by atoms with van der Waals surface area (Å²) >= 11 is 3.44. The Labute approximate surface area is 138 Å². The van der Waals surface area contributed by atoms with Crippen LogP contribution in [0.25, 0.3) is 0 Å². The molecule has 1 aliphatic heterocycles. The normalized spacial score (nSPS) is 21.0. The van der Waals surface area contributed by atoms with Crippen molar-refractivity contribution in [2.45, 2.75) is 12.8 Å². The number of nitrogens with one attached hydrogen (secondary N) is 2. The molecule has 1 aromatic heterocycles. The summed E-state index contributed by atoms with van der Waals surface area (Å²) in [5, 5.41) is 10.6. The first kappa shape index (κ1) is 15.2. The van der Waals surface area contributed by atoms with E-state index in [1.54, 1.807) is 4.68 Å². The molecule has 0 aliphatic carbocycles. The van der Waals surface area contributed by atoms with Crippen LogP contribution in [0.2, 0.25) is 0 Å².